The molecule has 1 atom stereocenters. The summed E-state index contributed by atoms with van der Waals surface area (Å²) in [6.45, 7) is 6.30. The normalized spacial score (nSPS) is 13.1. The second kappa shape index (κ2) is 69.5. The number of ether oxygens (including phenoxy) is 3. The van der Waals surface area contributed by atoms with E-state index in [0.29, 0.717) is 19.3 Å². The Morgan fingerprint density at radius 1 is 0.253 bits per heavy atom. The summed E-state index contributed by atoms with van der Waals surface area (Å²) < 4.78 is 16.8. The highest BCUT2D eigenvalue weighted by Gasteiger charge is 2.19. The van der Waals surface area contributed by atoms with Gasteiger partial charge in [0, 0.05) is 19.3 Å². The van der Waals surface area contributed by atoms with Gasteiger partial charge in [0.2, 0.25) is 0 Å². The quantitative estimate of drug-likeness (QED) is 0.0261. The summed E-state index contributed by atoms with van der Waals surface area (Å²) in [7, 11) is 0. The van der Waals surface area contributed by atoms with Crippen molar-refractivity contribution in [1.29, 1.82) is 0 Å². The largest absolute Gasteiger partial charge is 0.462 e. The van der Waals surface area contributed by atoms with Crippen LogP contribution < -0.4 is 0 Å². The molecule has 6 nitrogen and oxygen atoms in total. The van der Waals surface area contributed by atoms with Gasteiger partial charge >= 0.3 is 17.9 Å². The monoisotopic (exact) mass is 1140 g/mol. The summed E-state index contributed by atoms with van der Waals surface area (Å²) in [5, 5.41) is 0. The number of carbonyl (C=O) groups is 3. The van der Waals surface area contributed by atoms with Gasteiger partial charge in [0.1, 0.15) is 13.2 Å². The molecule has 0 fully saturated rings. The lowest BCUT2D eigenvalue weighted by atomic mass is 10.0. The first-order chi connectivity index (χ1) is 41.0. The van der Waals surface area contributed by atoms with E-state index in [9.17, 15) is 14.4 Å². The predicted molar refractivity (Wildman–Crippen MR) is 362 cm³/mol. The number of hydrogen-bond acceptors (Lipinski definition) is 6. The SMILES string of the molecule is CC/C=C\C/C=C\C/C=C\C/C=C\C/C=C\C/C=C\CCC(=O)OC(COC(=O)CCC/C=C\C/C=C\C/C=C\C/C=C\C/C=C\CC)COC(=O)CCCCCCCCCCCCCCCCCCC/C=C\C/C=C\CCCCCCC. The molecule has 6 heteroatoms. The standard InChI is InChI=1S/C77H124O6/c1-4-7-10-13-16-19-22-25-28-31-33-34-35-36-37-38-39-40-41-42-44-46-49-52-55-58-61-64-67-70-76(79)82-73-74(72-81-75(78)69-66-63-60-57-54-51-48-45-30-27-24-21-18-15-12-9-6-3)83-77(80)71-68-65-62-59-56-53-50-47-43-32-29-26-23-20-17-14-11-8-5-2/h8-9,11-12,17-18,20-22,25-27,29-31,33,43,47-48,51,53,56-57,60,62,65,74H,4-7,10,13-16,19,23-24,28,32,34-42,44-46,49-50,52,54-55,58-59,61,63-64,66-73H2,1-3H3/b11-8-,12-9-,20-17-,21-18-,25-22-,29-26-,30-27-,33-31-,47-43-,51-48-,56-53-,60-57-,65-62-. The van der Waals surface area contributed by atoms with E-state index in [1.807, 2.05) is 12.2 Å². The Hall–Kier alpha value is -4.97. The maximum atomic E-state index is 12.9. The van der Waals surface area contributed by atoms with Gasteiger partial charge in [-0.1, -0.05) is 301 Å². The lowest BCUT2D eigenvalue weighted by Crippen LogP contribution is -2.30. The fourth-order valence-electron chi connectivity index (χ4n) is 9.01. The van der Waals surface area contributed by atoms with Crippen LogP contribution in [0.2, 0.25) is 0 Å². The number of esters is 3. The van der Waals surface area contributed by atoms with Crippen LogP contribution >= 0.6 is 0 Å². The molecule has 0 N–H and O–H groups in total. The van der Waals surface area contributed by atoms with Gasteiger partial charge in [0.25, 0.3) is 0 Å². The Morgan fingerprint density at radius 2 is 0.506 bits per heavy atom. The first kappa shape index (κ1) is 78.0. The van der Waals surface area contributed by atoms with Crippen LogP contribution in [-0.4, -0.2) is 37.2 Å². The van der Waals surface area contributed by atoms with E-state index in [0.717, 1.165) is 103 Å². The Kier molecular flexibility index (Phi) is 65.4. The Morgan fingerprint density at radius 3 is 0.831 bits per heavy atom. The third-order valence-corrected chi connectivity index (χ3v) is 14.0. The molecule has 0 bridgehead atoms. The molecule has 0 amide bonds. The Bertz CT molecular complexity index is 1840. The molecular formula is C77H124O6. The van der Waals surface area contributed by atoms with Crippen molar-refractivity contribution in [2.24, 2.45) is 0 Å². The minimum atomic E-state index is -0.850. The van der Waals surface area contributed by atoms with Crippen LogP contribution in [0.1, 0.15) is 290 Å². The van der Waals surface area contributed by atoms with Crippen LogP contribution in [0, 0.1) is 0 Å². The van der Waals surface area contributed by atoms with E-state index in [4.69, 9.17) is 14.2 Å². The minimum absolute atomic E-state index is 0.131. The van der Waals surface area contributed by atoms with Crippen LogP contribution in [0.4, 0.5) is 0 Å². The second-order valence-corrected chi connectivity index (χ2v) is 22.0. The van der Waals surface area contributed by atoms with Crippen LogP contribution in [0.3, 0.4) is 0 Å². The minimum Gasteiger partial charge on any atom is -0.462 e. The van der Waals surface area contributed by atoms with Crippen molar-refractivity contribution in [3.8, 4) is 0 Å². The highest BCUT2D eigenvalue weighted by molar-refractivity contribution is 5.71. The van der Waals surface area contributed by atoms with Crippen molar-refractivity contribution < 1.29 is 28.6 Å². The fraction of sp³-hybridized carbons (Fsp3) is 0.623. The zero-order valence-electron chi connectivity index (χ0n) is 53.7. The molecule has 1 unspecified atom stereocenters. The highest BCUT2D eigenvalue weighted by atomic mass is 16.6. The van der Waals surface area contributed by atoms with Gasteiger partial charge in [0.05, 0.1) is 0 Å². The van der Waals surface area contributed by atoms with E-state index >= 15 is 0 Å². The molecule has 468 valence electrons. The average molecular weight is 1150 g/mol. The summed E-state index contributed by atoms with van der Waals surface area (Å²) in [6.07, 6.45) is 101. The zero-order valence-corrected chi connectivity index (χ0v) is 53.7. The number of unbranched alkanes of at least 4 members (excludes halogenated alkanes) is 23. The van der Waals surface area contributed by atoms with Crippen molar-refractivity contribution in [2.45, 2.75) is 297 Å². The van der Waals surface area contributed by atoms with E-state index in [1.165, 1.54) is 135 Å². The third-order valence-electron chi connectivity index (χ3n) is 14.0. The number of allylic oxidation sites excluding steroid dienone is 26. The fourth-order valence-corrected chi connectivity index (χ4v) is 9.01. The van der Waals surface area contributed by atoms with E-state index < -0.39 is 12.1 Å². The topological polar surface area (TPSA) is 78.9 Å². The van der Waals surface area contributed by atoms with Crippen molar-refractivity contribution in [3.05, 3.63) is 158 Å². The summed E-state index contributed by atoms with van der Waals surface area (Å²) in [5.41, 5.74) is 0. The van der Waals surface area contributed by atoms with E-state index in [1.54, 1.807) is 0 Å². The van der Waals surface area contributed by atoms with Crippen molar-refractivity contribution >= 4 is 17.9 Å². The van der Waals surface area contributed by atoms with Gasteiger partial charge in [-0.25, -0.2) is 0 Å². The predicted octanol–water partition coefficient (Wildman–Crippen LogP) is 23.7. The van der Waals surface area contributed by atoms with E-state index in [2.05, 4.69) is 167 Å². The molecule has 0 aliphatic rings. The van der Waals surface area contributed by atoms with Crippen molar-refractivity contribution in [1.82, 2.24) is 0 Å². The van der Waals surface area contributed by atoms with Crippen molar-refractivity contribution in [3.63, 3.8) is 0 Å². The molecule has 0 radical (unpaired) electrons. The highest BCUT2D eigenvalue weighted by Crippen LogP contribution is 2.16. The van der Waals surface area contributed by atoms with Gasteiger partial charge in [0.15, 0.2) is 6.10 Å². The lowest BCUT2D eigenvalue weighted by Gasteiger charge is -2.18. The molecule has 0 spiro atoms. The molecule has 0 saturated heterocycles. The molecule has 0 rings (SSSR count). The van der Waals surface area contributed by atoms with Crippen LogP contribution in [0.25, 0.3) is 0 Å². The maximum Gasteiger partial charge on any atom is 0.306 e. The van der Waals surface area contributed by atoms with Crippen LogP contribution in [0.5, 0.6) is 0 Å². The van der Waals surface area contributed by atoms with Crippen LogP contribution in [-0.2, 0) is 28.6 Å². The van der Waals surface area contributed by atoms with Gasteiger partial charge in [-0.05, 0) is 128 Å². The van der Waals surface area contributed by atoms with Gasteiger partial charge < -0.3 is 14.2 Å². The van der Waals surface area contributed by atoms with Crippen molar-refractivity contribution in [2.75, 3.05) is 13.2 Å². The summed E-state index contributed by atoms with van der Waals surface area (Å²) in [4.78, 5) is 38.3. The Labute approximate surface area is 511 Å². The molecule has 0 saturated carbocycles. The molecule has 0 heterocycles. The molecule has 0 aromatic carbocycles. The molecule has 0 aromatic rings. The first-order valence-electron chi connectivity index (χ1n) is 34.0. The summed E-state index contributed by atoms with van der Waals surface area (Å²) in [6, 6.07) is 0. The molecule has 0 aromatic heterocycles. The maximum absolute atomic E-state index is 12.9. The van der Waals surface area contributed by atoms with Gasteiger partial charge in [-0.3, -0.25) is 14.4 Å². The molecular weight excluding hydrogens is 1020 g/mol. The second-order valence-electron chi connectivity index (χ2n) is 22.0. The first-order valence-corrected chi connectivity index (χ1v) is 34.0. The average Bonchev–Trinajstić information content (AvgIpc) is 3.49. The summed E-state index contributed by atoms with van der Waals surface area (Å²) in [5.74, 6) is -1.08. The zero-order chi connectivity index (χ0) is 59.9. The van der Waals surface area contributed by atoms with Crippen LogP contribution in [0.15, 0.2) is 158 Å². The molecule has 83 heavy (non-hydrogen) atoms. The third kappa shape index (κ3) is 67.7. The number of hydrogen-bond donors (Lipinski definition) is 0. The molecule has 0 aliphatic heterocycles. The smallest absolute Gasteiger partial charge is 0.306 e. The molecule has 0 aliphatic carbocycles. The Balaban J connectivity index is 4.44. The van der Waals surface area contributed by atoms with Gasteiger partial charge in [-0.15, -0.1) is 0 Å². The number of carbonyl (C=O) groups excluding carboxylic acids is 3. The number of rotatable bonds is 60. The van der Waals surface area contributed by atoms with E-state index in [-0.39, 0.29) is 38.0 Å². The van der Waals surface area contributed by atoms with Gasteiger partial charge in [-0.2, -0.15) is 0 Å². The lowest BCUT2D eigenvalue weighted by molar-refractivity contribution is -0.166. The summed E-state index contributed by atoms with van der Waals surface area (Å²) >= 11 is 0.